The summed E-state index contributed by atoms with van der Waals surface area (Å²) >= 11 is 2.03. The van der Waals surface area contributed by atoms with Crippen LogP contribution in [0.15, 0.2) is 0 Å². The Balaban J connectivity index is 1.48. The molecule has 1 heterocycles. The third kappa shape index (κ3) is 4.74. The largest absolute Gasteiger partial charge is 0.355 e. The average molecular weight is 242 g/mol. The molecule has 0 aromatic rings. The van der Waals surface area contributed by atoms with Crippen LogP contribution in [0.2, 0.25) is 0 Å². The summed E-state index contributed by atoms with van der Waals surface area (Å²) in [5, 5.41) is 6.25. The highest BCUT2D eigenvalue weighted by molar-refractivity contribution is 7.99. The van der Waals surface area contributed by atoms with E-state index in [4.69, 9.17) is 0 Å². The third-order valence-electron chi connectivity index (χ3n) is 3.34. The van der Waals surface area contributed by atoms with E-state index < -0.39 is 0 Å². The van der Waals surface area contributed by atoms with E-state index in [9.17, 15) is 4.79 Å². The molecule has 1 aliphatic heterocycles. The molecule has 1 saturated heterocycles. The van der Waals surface area contributed by atoms with E-state index in [0.29, 0.717) is 12.5 Å². The van der Waals surface area contributed by atoms with Crippen LogP contribution in [0.25, 0.3) is 0 Å². The minimum atomic E-state index is 0.166. The molecule has 0 radical (unpaired) electrons. The molecular weight excluding hydrogens is 220 g/mol. The highest BCUT2D eigenvalue weighted by Gasteiger charge is 2.20. The second-order valence-corrected chi connectivity index (χ2v) is 6.16. The van der Waals surface area contributed by atoms with E-state index in [1.165, 1.54) is 37.2 Å². The Hall–Kier alpha value is -0.220. The first-order chi connectivity index (χ1) is 7.84. The average Bonchev–Trinajstić information content (AvgIpc) is 3.12. The highest BCUT2D eigenvalue weighted by Crippen LogP contribution is 2.27. The predicted octanol–water partition coefficient (Wildman–Crippen LogP) is 1.25. The summed E-state index contributed by atoms with van der Waals surface area (Å²) in [5.74, 6) is 4.26. The van der Waals surface area contributed by atoms with E-state index in [0.717, 1.165) is 19.0 Å². The van der Waals surface area contributed by atoms with E-state index >= 15 is 0 Å². The number of thioether (sulfide) groups is 1. The molecule has 0 unspecified atom stereocenters. The van der Waals surface area contributed by atoms with Gasteiger partial charge in [0.15, 0.2) is 0 Å². The quantitative estimate of drug-likeness (QED) is 0.736. The van der Waals surface area contributed by atoms with Crippen LogP contribution in [0.1, 0.15) is 25.7 Å². The fraction of sp³-hybridized carbons (Fsp3) is 0.917. The molecule has 2 rings (SSSR count). The summed E-state index contributed by atoms with van der Waals surface area (Å²) in [6, 6.07) is 0. The molecule has 2 N–H and O–H groups in total. The van der Waals surface area contributed by atoms with Crippen LogP contribution in [-0.4, -0.2) is 37.0 Å². The number of hydrogen-bond donors (Lipinski definition) is 2. The summed E-state index contributed by atoms with van der Waals surface area (Å²) in [5.41, 5.74) is 0. The van der Waals surface area contributed by atoms with Crippen LogP contribution in [0.5, 0.6) is 0 Å². The summed E-state index contributed by atoms with van der Waals surface area (Å²) in [7, 11) is 0. The van der Waals surface area contributed by atoms with Crippen LogP contribution in [0.4, 0.5) is 0 Å². The summed E-state index contributed by atoms with van der Waals surface area (Å²) in [4.78, 5) is 11.5. The van der Waals surface area contributed by atoms with E-state index in [1.54, 1.807) is 0 Å². The molecule has 1 amide bonds. The van der Waals surface area contributed by atoms with Gasteiger partial charge in [0.25, 0.3) is 0 Å². The van der Waals surface area contributed by atoms with Crippen molar-refractivity contribution in [2.24, 2.45) is 11.8 Å². The topological polar surface area (TPSA) is 41.1 Å². The van der Waals surface area contributed by atoms with Gasteiger partial charge in [0, 0.05) is 6.54 Å². The first-order valence-electron chi connectivity index (χ1n) is 6.40. The van der Waals surface area contributed by atoms with Gasteiger partial charge in [-0.05, 0) is 55.6 Å². The van der Waals surface area contributed by atoms with Gasteiger partial charge in [0.1, 0.15) is 0 Å². The van der Waals surface area contributed by atoms with Crippen molar-refractivity contribution in [2.45, 2.75) is 25.7 Å². The Labute approximate surface area is 102 Å². The normalized spacial score (nSPS) is 22.0. The summed E-state index contributed by atoms with van der Waals surface area (Å²) in [6.07, 6.45) is 5.21. The van der Waals surface area contributed by atoms with E-state index in [2.05, 4.69) is 10.6 Å². The molecule has 92 valence electrons. The molecule has 3 nitrogen and oxygen atoms in total. The zero-order valence-corrected chi connectivity index (χ0v) is 10.7. The van der Waals surface area contributed by atoms with Gasteiger partial charge in [-0.1, -0.05) is 0 Å². The fourth-order valence-electron chi connectivity index (χ4n) is 1.98. The van der Waals surface area contributed by atoms with Gasteiger partial charge in [-0.2, -0.15) is 11.8 Å². The lowest BCUT2D eigenvalue weighted by atomic mass is 10.0. The SMILES string of the molecule is O=C(CNCC1CC1)NCC1CCSCC1. The molecule has 0 aromatic carbocycles. The Morgan fingerprint density at radius 2 is 1.75 bits per heavy atom. The van der Waals surface area contributed by atoms with Gasteiger partial charge < -0.3 is 10.6 Å². The molecule has 16 heavy (non-hydrogen) atoms. The van der Waals surface area contributed by atoms with Crippen molar-refractivity contribution < 1.29 is 4.79 Å². The lowest BCUT2D eigenvalue weighted by Gasteiger charge is -2.21. The number of carbonyl (C=O) groups excluding carboxylic acids is 1. The van der Waals surface area contributed by atoms with Gasteiger partial charge in [0.2, 0.25) is 5.91 Å². The molecule has 0 atom stereocenters. The van der Waals surface area contributed by atoms with Crippen LogP contribution >= 0.6 is 11.8 Å². The monoisotopic (exact) mass is 242 g/mol. The molecule has 4 heteroatoms. The molecule has 0 aromatic heterocycles. The number of rotatable bonds is 6. The number of amides is 1. The number of carbonyl (C=O) groups is 1. The maximum Gasteiger partial charge on any atom is 0.233 e. The zero-order chi connectivity index (χ0) is 11.2. The molecule has 0 bridgehead atoms. The fourth-order valence-corrected chi connectivity index (χ4v) is 3.19. The smallest absolute Gasteiger partial charge is 0.233 e. The van der Waals surface area contributed by atoms with Crippen molar-refractivity contribution in [3.63, 3.8) is 0 Å². The Morgan fingerprint density at radius 3 is 2.44 bits per heavy atom. The van der Waals surface area contributed by atoms with E-state index in [1.807, 2.05) is 11.8 Å². The molecule has 1 saturated carbocycles. The lowest BCUT2D eigenvalue weighted by Crippen LogP contribution is -2.37. The van der Waals surface area contributed by atoms with Crippen LogP contribution < -0.4 is 10.6 Å². The summed E-state index contributed by atoms with van der Waals surface area (Å²) < 4.78 is 0. The van der Waals surface area contributed by atoms with Gasteiger partial charge in [-0.15, -0.1) is 0 Å². The molecular formula is C12H22N2OS. The van der Waals surface area contributed by atoms with Crippen LogP contribution in [0.3, 0.4) is 0 Å². The molecule has 1 aliphatic carbocycles. The number of hydrogen-bond acceptors (Lipinski definition) is 3. The second-order valence-electron chi connectivity index (χ2n) is 4.93. The zero-order valence-electron chi connectivity index (χ0n) is 9.84. The highest BCUT2D eigenvalue weighted by atomic mass is 32.2. The van der Waals surface area contributed by atoms with Crippen molar-refractivity contribution in [1.29, 1.82) is 0 Å². The minimum absolute atomic E-state index is 0.166. The Bertz CT molecular complexity index is 225. The molecule has 2 fully saturated rings. The third-order valence-corrected chi connectivity index (χ3v) is 4.39. The maximum absolute atomic E-state index is 11.5. The van der Waals surface area contributed by atoms with Crippen LogP contribution in [0, 0.1) is 11.8 Å². The summed E-state index contributed by atoms with van der Waals surface area (Å²) in [6.45, 7) is 2.40. The lowest BCUT2D eigenvalue weighted by molar-refractivity contribution is -0.120. The number of nitrogens with one attached hydrogen (secondary N) is 2. The van der Waals surface area contributed by atoms with Gasteiger partial charge in [-0.3, -0.25) is 4.79 Å². The molecule has 2 aliphatic rings. The standard InChI is InChI=1S/C12H22N2OS/c15-12(9-13-7-10-1-2-10)14-8-11-3-5-16-6-4-11/h10-11,13H,1-9H2,(H,14,15). The molecule has 0 spiro atoms. The van der Waals surface area contributed by atoms with Crippen molar-refractivity contribution in [3.8, 4) is 0 Å². The maximum atomic E-state index is 11.5. The Morgan fingerprint density at radius 1 is 1.06 bits per heavy atom. The minimum Gasteiger partial charge on any atom is -0.355 e. The first-order valence-corrected chi connectivity index (χ1v) is 7.55. The van der Waals surface area contributed by atoms with Gasteiger partial charge in [-0.25, -0.2) is 0 Å². The predicted molar refractivity (Wildman–Crippen MR) is 68.7 cm³/mol. The second kappa shape index (κ2) is 6.50. The van der Waals surface area contributed by atoms with Crippen molar-refractivity contribution in [3.05, 3.63) is 0 Å². The first kappa shape index (κ1) is 12.2. The van der Waals surface area contributed by atoms with Gasteiger partial charge in [0.05, 0.1) is 6.54 Å². The van der Waals surface area contributed by atoms with E-state index in [-0.39, 0.29) is 5.91 Å². The van der Waals surface area contributed by atoms with Gasteiger partial charge >= 0.3 is 0 Å². The van der Waals surface area contributed by atoms with Crippen molar-refractivity contribution in [2.75, 3.05) is 31.1 Å². The van der Waals surface area contributed by atoms with Crippen molar-refractivity contribution >= 4 is 17.7 Å². The van der Waals surface area contributed by atoms with Crippen LogP contribution in [-0.2, 0) is 4.79 Å². The van der Waals surface area contributed by atoms with Crippen molar-refractivity contribution in [1.82, 2.24) is 10.6 Å². The Kier molecular flexibility index (Phi) is 4.97.